The lowest BCUT2D eigenvalue weighted by Crippen LogP contribution is -2.03. The van der Waals surface area contributed by atoms with Gasteiger partial charge in [0.1, 0.15) is 0 Å². The number of fused-ring (bicyclic) bond motifs is 1. The molecule has 0 aromatic carbocycles. The molecular weight excluding hydrogens is 190 g/mol. The van der Waals surface area contributed by atoms with Gasteiger partial charge in [0, 0.05) is 12.4 Å². The van der Waals surface area contributed by atoms with Crippen LogP contribution in [0.5, 0.6) is 0 Å². The highest BCUT2D eigenvalue weighted by Gasteiger charge is 2.16. The van der Waals surface area contributed by atoms with Crippen LogP contribution in [-0.4, -0.2) is 17.5 Å². The van der Waals surface area contributed by atoms with Gasteiger partial charge in [0.15, 0.2) is 0 Å². The maximum Gasteiger partial charge on any atom is 0.340 e. The van der Waals surface area contributed by atoms with Crippen LogP contribution in [0.25, 0.3) is 5.52 Å². The van der Waals surface area contributed by atoms with Crippen molar-refractivity contribution >= 4 is 11.5 Å². The predicted molar refractivity (Wildman–Crippen MR) is 58.2 cm³/mol. The number of hydrogen-bond acceptors (Lipinski definition) is 2. The first-order chi connectivity index (χ1) is 7.15. The molecule has 78 valence electrons. The van der Waals surface area contributed by atoms with Gasteiger partial charge in [-0.2, -0.15) is 0 Å². The molecular formula is C12H13NO2. The molecule has 0 N–H and O–H groups in total. The summed E-state index contributed by atoms with van der Waals surface area (Å²) < 4.78 is 6.74. The standard InChI is InChI=1S/C12H13NO2/c1-8-5-4-6-13-7-9(2)10(11(8)13)12(14)15-3/h4-7H,1-3H3. The molecule has 3 nitrogen and oxygen atoms in total. The number of rotatable bonds is 1. The fraction of sp³-hybridized carbons (Fsp3) is 0.250. The van der Waals surface area contributed by atoms with Crippen LogP contribution in [0.1, 0.15) is 21.5 Å². The zero-order chi connectivity index (χ0) is 11.0. The normalized spacial score (nSPS) is 10.6. The van der Waals surface area contributed by atoms with Crippen LogP contribution < -0.4 is 0 Å². The SMILES string of the molecule is COC(=O)c1c(C)cn2cccc(C)c12. The van der Waals surface area contributed by atoms with Crippen LogP contribution in [0.2, 0.25) is 0 Å². The highest BCUT2D eigenvalue weighted by molar-refractivity contribution is 5.99. The van der Waals surface area contributed by atoms with E-state index >= 15 is 0 Å². The van der Waals surface area contributed by atoms with Crippen molar-refractivity contribution in [1.82, 2.24) is 4.40 Å². The smallest absolute Gasteiger partial charge is 0.340 e. The third-order valence-corrected chi connectivity index (χ3v) is 2.58. The highest BCUT2D eigenvalue weighted by atomic mass is 16.5. The van der Waals surface area contributed by atoms with Gasteiger partial charge in [0.25, 0.3) is 0 Å². The number of carbonyl (C=O) groups is 1. The third-order valence-electron chi connectivity index (χ3n) is 2.58. The fourth-order valence-electron chi connectivity index (χ4n) is 1.89. The zero-order valence-electron chi connectivity index (χ0n) is 9.07. The monoisotopic (exact) mass is 203 g/mol. The van der Waals surface area contributed by atoms with Crippen LogP contribution >= 0.6 is 0 Å². The number of methoxy groups -OCH3 is 1. The Morgan fingerprint density at radius 1 is 1.33 bits per heavy atom. The Kier molecular flexibility index (Phi) is 2.23. The van der Waals surface area contributed by atoms with Crippen LogP contribution in [0.15, 0.2) is 24.5 Å². The number of ether oxygens (including phenoxy) is 1. The van der Waals surface area contributed by atoms with E-state index in [-0.39, 0.29) is 5.97 Å². The Labute approximate surface area is 88.3 Å². The second-order valence-corrected chi connectivity index (χ2v) is 3.63. The maximum atomic E-state index is 11.6. The summed E-state index contributed by atoms with van der Waals surface area (Å²) in [6.07, 6.45) is 3.87. The number of aryl methyl sites for hydroxylation is 2. The minimum Gasteiger partial charge on any atom is -0.465 e. The lowest BCUT2D eigenvalue weighted by atomic mass is 10.1. The van der Waals surface area contributed by atoms with Crippen molar-refractivity contribution in [3.8, 4) is 0 Å². The molecule has 3 heteroatoms. The van der Waals surface area contributed by atoms with E-state index in [2.05, 4.69) is 0 Å². The minimum absolute atomic E-state index is 0.274. The molecule has 2 heterocycles. The lowest BCUT2D eigenvalue weighted by molar-refractivity contribution is 0.0602. The summed E-state index contributed by atoms with van der Waals surface area (Å²) in [5, 5.41) is 0. The molecule has 0 aliphatic carbocycles. The Balaban J connectivity index is 2.82. The van der Waals surface area contributed by atoms with Crippen molar-refractivity contribution in [2.75, 3.05) is 7.11 Å². The molecule has 2 aromatic heterocycles. The Morgan fingerprint density at radius 3 is 2.73 bits per heavy atom. The molecule has 0 saturated carbocycles. The number of pyridine rings is 1. The van der Waals surface area contributed by atoms with Gasteiger partial charge in [-0.15, -0.1) is 0 Å². The van der Waals surface area contributed by atoms with Gasteiger partial charge in [-0.25, -0.2) is 4.79 Å². The number of esters is 1. The van der Waals surface area contributed by atoms with E-state index in [4.69, 9.17) is 4.74 Å². The van der Waals surface area contributed by atoms with Gasteiger partial charge >= 0.3 is 5.97 Å². The van der Waals surface area contributed by atoms with E-state index < -0.39 is 0 Å². The second kappa shape index (κ2) is 3.42. The molecule has 2 aromatic rings. The van der Waals surface area contributed by atoms with E-state index in [9.17, 15) is 4.79 Å². The van der Waals surface area contributed by atoms with E-state index in [1.165, 1.54) is 7.11 Å². The minimum atomic E-state index is -0.274. The van der Waals surface area contributed by atoms with Gasteiger partial charge in [-0.1, -0.05) is 6.07 Å². The Hall–Kier alpha value is -1.77. The highest BCUT2D eigenvalue weighted by Crippen LogP contribution is 2.21. The zero-order valence-corrected chi connectivity index (χ0v) is 9.07. The third kappa shape index (κ3) is 1.40. The summed E-state index contributed by atoms with van der Waals surface area (Å²) >= 11 is 0. The largest absolute Gasteiger partial charge is 0.465 e. The number of aromatic nitrogens is 1. The van der Waals surface area contributed by atoms with Crippen LogP contribution in [0, 0.1) is 13.8 Å². The molecule has 0 fully saturated rings. The van der Waals surface area contributed by atoms with Gasteiger partial charge < -0.3 is 9.14 Å². The summed E-state index contributed by atoms with van der Waals surface area (Å²) in [4.78, 5) is 11.6. The summed E-state index contributed by atoms with van der Waals surface area (Å²) in [6, 6.07) is 3.95. The summed E-state index contributed by atoms with van der Waals surface area (Å²) in [5.74, 6) is -0.274. The van der Waals surface area contributed by atoms with Gasteiger partial charge in [-0.3, -0.25) is 0 Å². The van der Waals surface area contributed by atoms with Gasteiger partial charge in [0.2, 0.25) is 0 Å². The maximum absolute atomic E-state index is 11.6. The Bertz CT molecular complexity index is 526. The molecule has 0 radical (unpaired) electrons. The van der Waals surface area contributed by atoms with E-state index in [0.29, 0.717) is 5.56 Å². The summed E-state index contributed by atoms with van der Waals surface area (Å²) in [7, 11) is 1.41. The quantitative estimate of drug-likeness (QED) is 0.666. The fourth-order valence-corrected chi connectivity index (χ4v) is 1.89. The molecule has 0 aliphatic heterocycles. The molecule has 2 rings (SSSR count). The second-order valence-electron chi connectivity index (χ2n) is 3.63. The van der Waals surface area contributed by atoms with Crippen molar-refractivity contribution in [2.45, 2.75) is 13.8 Å². The van der Waals surface area contributed by atoms with E-state index in [1.807, 2.05) is 42.8 Å². The lowest BCUT2D eigenvalue weighted by Gasteiger charge is -2.02. The van der Waals surface area contributed by atoms with Crippen molar-refractivity contribution in [1.29, 1.82) is 0 Å². The number of nitrogens with zero attached hydrogens (tertiary/aromatic N) is 1. The van der Waals surface area contributed by atoms with Crippen LogP contribution in [0.4, 0.5) is 0 Å². The van der Waals surface area contributed by atoms with Crippen LogP contribution in [-0.2, 0) is 4.74 Å². The first-order valence-electron chi connectivity index (χ1n) is 4.80. The predicted octanol–water partition coefficient (Wildman–Crippen LogP) is 2.34. The van der Waals surface area contributed by atoms with Crippen LogP contribution in [0.3, 0.4) is 0 Å². The Morgan fingerprint density at radius 2 is 2.07 bits per heavy atom. The summed E-state index contributed by atoms with van der Waals surface area (Å²) in [5.41, 5.74) is 3.61. The molecule has 0 bridgehead atoms. The topological polar surface area (TPSA) is 30.7 Å². The molecule has 0 amide bonds. The molecule has 0 saturated heterocycles. The first kappa shape index (κ1) is 9.77. The summed E-state index contributed by atoms with van der Waals surface area (Å²) in [6.45, 7) is 3.90. The van der Waals surface area contributed by atoms with Crippen molar-refractivity contribution < 1.29 is 9.53 Å². The number of hydrogen-bond donors (Lipinski definition) is 0. The van der Waals surface area contributed by atoms with E-state index in [0.717, 1.165) is 16.6 Å². The van der Waals surface area contributed by atoms with Crippen molar-refractivity contribution in [2.24, 2.45) is 0 Å². The van der Waals surface area contributed by atoms with Crippen molar-refractivity contribution in [3.05, 3.63) is 41.2 Å². The molecule has 0 unspecified atom stereocenters. The van der Waals surface area contributed by atoms with Gasteiger partial charge in [-0.05, 0) is 31.0 Å². The average Bonchev–Trinajstić information content (AvgIpc) is 2.55. The molecule has 15 heavy (non-hydrogen) atoms. The van der Waals surface area contributed by atoms with Crippen molar-refractivity contribution in [3.63, 3.8) is 0 Å². The molecule has 0 spiro atoms. The number of carbonyl (C=O) groups excluding carboxylic acids is 1. The molecule has 0 atom stereocenters. The average molecular weight is 203 g/mol. The molecule has 0 aliphatic rings. The first-order valence-corrected chi connectivity index (χ1v) is 4.80. The van der Waals surface area contributed by atoms with E-state index in [1.54, 1.807) is 0 Å². The van der Waals surface area contributed by atoms with Gasteiger partial charge in [0.05, 0.1) is 18.2 Å².